The molecule has 6 heteroatoms. The molecular formula is C11H12BrNO3S. The molecule has 1 aromatic rings. The molecule has 0 aromatic heterocycles. The Balaban J connectivity index is 2.66. The van der Waals surface area contributed by atoms with Crippen LogP contribution in [0.4, 0.5) is 0 Å². The second kappa shape index (κ2) is 4.10. The van der Waals surface area contributed by atoms with E-state index in [-0.39, 0.29) is 23.3 Å². The smallest absolute Gasteiger partial charge is 0.267 e. The third-order valence-corrected chi connectivity index (χ3v) is 5.21. The van der Waals surface area contributed by atoms with Gasteiger partial charge in [0.1, 0.15) is 0 Å². The molecule has 1 aliphatic heterocycles. The molecule has 92 valence electrons. The van der Waals surface area contributed by atoms with Crippen molar-refractivity contribution in [2.24, 2.45) is 0 Å². The second-order valence-corrected chi connectivity index (χ2v) is 6.92. The Kier molecular flexibility index (Phi) is 3.03. The summed E-state index contributed by atoms with van der Waals surface area (Å²) in [5, 5.41) is 0. The minimum absolute atomic E-state index is 0.131. The predicted molar refractivity (Wildman–Crippen MR) is 67.0 cm³/mol. The summed E-state index contributed by atoms with van der Waals surface area (Å²) in [6.45, 7) is 3.39. The van der Waals surface area contributed by atoms with Crippen molar-refractivity contribution in [1.29, 1.82) is 0 Å². The molecule has 1 aliphatic rings. The van der Waals surface area contributed by atoms with Crippen molar-refractivity contribution in [3.05, 3.63) is 28.2 Å². The molecule has 1 amide bonds. The summed E-state index contributed by atoms with van der Waals surface area (Å²) in [5.74, 6) is -0.370. The lowest BCUT2D eigenvalue weighted by atomic mass is 10.1. The van der Waals surface area contributed by atoms with Gasteiger partial charge in [0.2, 0.25) is 5.91 Å². The lowest BCUT2D eigenvalue weighted by Crippen LogP contribution is -2.45. The van der Waals surface area contributed by atoms with Gasteiger partial charge in [0.25, 0.3) is 10.0 Å². The lowest BCUT2D eigenvalue weighted by molar-refractivity contribution is -0.127. The van der Waals surface area contributed by atoms with Crippen LogP contribution in [0.5, 0.6) is 0 Å². The minimum atomic E-state index is -3.69. The molecule has 4 nitrogen and oxygen atoms in total. The fraction of sp³-hybridized carbons (Fsp3) is 0.364. The van der Waals surface area contributed by atoms with E-state index in [2.05, 4.69) is 15.9 Å². The van der Waals surface area contributed by atoms with Gasteiger partial charge in [0.15, 0.2) is 0 Å². The van der Waals surface area contributed by atoms with Crippen molar-refractivity contribution in [2.75, 3.05) is 0 Å². The van der Waals surface area contributed by atoms with Crippen LogP contribution < -0.4 is 0 Å². The Labute approximate surface area is 109 Å². The number of carbonyl (C=O) groups excluding carboxylic acids is 1. The van der Waals surface area contributed by atoms with E-state index >= 15 is 0 Å². The third kappa shape index (κ3) is 1.99. The molecule has 1 aromatic carbocycles. The molecule has 0 N–H and O–H groups in total. The highest BCUT2D eigenvalue weighted by atomic mass is 79.9. The third-order valence-electron chi connectivity index (χ3n) is 2.62. The van der Waals surface area contributed by atoms with Crippen LogP contribution in [0, 0.1) is 0 Å². The maximum absolute atomic E-state index is 12.3. The van der Waals surface area contributed by atoms with Crippen molar-refractivity contribution in [3.8, 4) is 0 Å². The number of rotatable bonds is 1. The average Bonchev–Trinajstić information content (AvgIpc) is 2.14. The molecule has 0 unspecified atom stereocenters. The van der Waals surface area contributed by atoms with Gasteiger partial charge < -0.3 is 0 Å². The van der Waals surface area contributed by atoms with Gasteiger partial charge in [0, 0.05) is 10.5 Å². The van der Waals surface area contributed by atoms with Gasteiger partial charge >= 0.3 is 0 Å². The fourth-order valence-electron chi connectivity index (χ4n) is 1.98. The Morgan fingerprint density at radius 1 is 1.35 bits per heavy atom. The van der Waals surface area contributed by atoms with Crippen LogP contribution in [-0.2, 0) is 21.2 Å². The Bertz CT molecular complexity index is 580. The number of fused-ring (bicyclic) bond motifs is 1. The van der Waals surface area contributed by atoms with Gasteiger partial charge in [-0.05, 0) is 37.6 Å². The molecule has 0 fully saturated rings. The van der Waals surface area contributed by atoms with E-state index in [1.165, 1.54) is 6.07 Å². The number of sulfonamides is 1. The highest BCUT2D eigenvalue weighted by Crippen LogP contribution is 2.30. The number of hydrogen-bond acceptors (Lipinski definition) is 3. The van der Waals surface area contributed by atoms with Crippen LogP contribution in [-0.4, -0.2) is 24.7 Å². The van der Waals surface area contributed by atoms with Gasteiger partial charge in [-0.3, -0.25) is 4.79 Å². The van der Waals surface area contributed by atoms with Crippen LogP contribution in [0.1, 0.15) is 19.4 Å². The molecule has 2 rings (SSSR count). The molecule has 0 aliphatic carbocycles. The minimum Gasteiger partial charge on any atom is -0.273 e. The van der Waals surface area contributed by atoms with Gasteiger partial charge in [-0.15, -0.1) is 0 Å². The van der Waals surface area contributed by atoms with Crippen LogP contribution in [0.2, 0.25) is 0 Å². The van der Waals surface area contributed by atoms with Gasteiger partial charge in [-0.25, -0.2) is 12.7 Å². The first-order valence-corrected chi connectivity index (χ1v) is 7.43. The molecule has 0 bridgehead atoms. The summed E-state index contributed by atoms with van der Waals surface area (Å²) in [7, 11) is -3.69. The first kappa shape index (κ1) is 12.6. The van der Waals surface area contributed by atoms with E-state index in [9.17, 15) is 13.2 Å². The zero-order valence-electron chi connectivity index (χ0n) is 9.47. The number of benzene rings is 1. The normalized spacial score (nSPS) is 18.4. The van der Waals surface area contributed by atoms with E-state index in [0.29, 0.717) is 5.56 Å². The number of hydrogen-bond donors (Lipinski definition) is 0. The molecule has 17 heavy (non-hydrogen) atoms. The number of amides is 1. The molecule has 1 heterocycles. The van der Waals surface area contributed by atoms with Crippen molar-refractivity contribution in [1.82, 2.24) is 4.31 Å². The maximum Gasteiger partial charge on any atom is 0.267 e. The maximum atomic E-state index is 12.3. The first-order chi connectivity index (χ1) is 7.84. The summed E-state index contributed by atoms with van der Waals surface area (Å²) >= 11 is 3.27. The summed E-state index contributed by atoms with van der Waals surface area (Å²) in [4.78, 5) is 12.1. The SMILES string of the molecule is CC(C)N1C(=O)Cc2cc(Br)ccc2S1(=O)=O. The Morgan fingerprint density at radius 3 is 2.59 bits per heavy atom. The highest BCUT2D eigenvalue weighted by molar-refractivity contribution is 9.10. The molecule has 0 saturated heterocycles. The molecule has 0 spiro atoms. The van der Waals surface area contributed by atoms with Crippen LogP contribution >= 0.6 is 15.9 Å². The quantitative estimate of drug-likeness (QED) is 0.795. The lowest BCUT2D eigenvalue weighted by Gasteiger charge is -2.31. The summed E-state index contributed by atoms with van der Waals surface area (Å²) in [6.07, 6.45) is 0.131. The fourth-order valence-corrected chi connectivity index (χ4v) is 4.19. The van der Waals surface area contributed by atoms with Crippen molar-refractivity contribution < 1.29 is 13.2 Å². The predicted octanol–water partition coefficient (Wildman–Crippen LogP) is 1.93. The largest absolute Gasteiger partial charge is 0.273 e. The Hall–Kier alpha value is -0.880. The standard InChI is InChI=1S/C11H12BrNO3S/c1-7(2)13-11(14)6-8-5-9(12)3-4-10(8)17(13,15)16/h3-5,7H,6H2,1-2H3. The highest BCUT2D eigenvalue weighted by Gasteiger charge is 2.37. The second-order valence-electron chi connectivity index (χ2n) is 4.22. The zero-order chi connectivity index (χ0) is 12.8. The summed E-state index contributed by atoms with van der Waals surface area (Å²) in [6, 6.07) is 4.54. The number of carbonyl (C=O) groups is 1. The molecule has 0 radical (unpaired) electrons. The van der Waals surface area contributed by atoms with Crippen molar-refractivity contribution in [2.45, 2.75) is 31.2 Å². The van der Waals surface area contributed by atoms with Gasteiger partial charge in [-0.1, -0.05) is 15.9 Å². The number of nitrogens with zero attached hydrogens (tertiary/aromatic N) is 1. The zero-order valence-corrected chi connectivity index (χ0v) is 11.9. The molecular weight excluding hydrogens is 306 g/mol. The van der Waals surface area contributed by atoms with Gasteiger partial charge in [0.05, 0.1) is 11.3 Å². The van der Waals surface area contributed by atoms with E-state index in [1.54, 1.807) is 26.0 Å². The van der Waals surface area contributed by atoms with Crippen molar-refractivity contribution in [3.63, 3.8) is 0 Å². The van der Waals surface area contributed by atoms with Crippen LogP contribution in [0.3, 0.4) is 0 Å². The van der Waals surface area contributed by atoms with Gasteiger partial charge in [-0.2, -0.15) is 0 Å². The Morgan fingerprint density at radius 2 is 2.00 bits per heavy atom. The monoisotopic (exact) mass is 317 g/mol. The van der Waals surface area contributed by atoms with Crippen LogP contribution in [0.15, 0.2) is 27.6 Å². The topological polar surface area (TPSA) is 54.5 Å². The van der Waals surface area contributed by atoms with E-state index < -0.39 is 10.0 Å². The molecule has 0 atom stereocenters. The van der Waals surface area contributed by atoms with E-state index in [0.717, 1.165) is 8.78 Å². The average molecular weight is 318 g/mol. The van der Waals surface area contributed by atoms with Crippen molar-refractivity contribution >= 4 is 31.9 Å². The van der Waals surface area contributed by atoms with Crippen LogP contribution in [0.25, 0.3) is 0 Å². The summed E-state index contributed by atoms with van der Waals surface area (Å²) < 4.78 is 26.3. The molecule has 0 saturated carbocycles. The van der Waals surface area contributed by atoms with E-state index in [1.807, 2.05) is 0 Å². The summed E-state index contributed by atoms with van der Waals surface area (Å²) in [5.41, 5.74) is 0.557. The number of halogens is 1. The first-order valence-electron chi connectivity index (χ1n) is 5.19. The van der Waals surface area contributed by atoms with E-state index in [4.69, 9.17) is 0 Å².